The molecule has 1 aromatic heterocycles. The zero-order valence-corrected chi connectivity index (χ0v) is 9.85. The van der Waals surface area contributed by atoms with Crippen LogP contribution in [0.25, 0.3) is 5.69 Å². The van der Waals surface area contributed by atoms with Crippen molar-refractivity contribution in [3.63, 3.8) is 0 Å². The summed E-state index contributed by atoms with van der Waals surface area (Å²) in [5, 5.41) is 4.10. The van der Waals surface area contributed by atoms with Gasteiger partial charge in [-0.25, -0.2) is 9.67 Å². The Balaban J connectivity index is 2.58. The number of hydrogen-bond donors (Lipinski definition) is 1. The summed E-state index contributed by atoms with van der Waals surface area (Å²) in [6, 6.07) is 5.91. The lowest BCUT2D eigenvalue weighted by molar-refractivity contribution is 0.780. The fourth-order valence-corrected chi connectivity index (χ4v) is 1.78. The fourth-order valence-electron chi connectivity index (χ4n) is 1.43. The predicted molar refractivity (Wildman–Crippen MR) is 61.7 cm³/mol. The van der Waals surface area contributed by atoms with Gasteiger partial charge in [-0.05, 0) is 24.6 Å². The summed E-state index contributed by atoms with van der Waals surface area (Å²) in [4.78, 5) is 3.92. The predicted octanol–water partition coefficient (Wildman–Crippen LogP) is 2.05. The first-order chi connectivity index (χ1) is 7.18. The van der Waals surface area contributed by atoms with E-state index in [-0.39, 0.29) is 6.04 Å². The third-order valence-electron chi connectivity index (χ3n) is 2.15. The minimum absolute atomic E-state index is 0.0303. The van der Waals surface area contributed by atoms with E-state index >= 15 is 0 Å². The van der Waals surface area contributed by atoms with Crippen LogP contribution < -0.4 is 5.73 Å². The van der Waals surface area contributed by atoms with Gasteiger partial charge in [0.15, 0.2) is 0 Å². The third-order valence-corrected chi connectivity index (χ3v) is 2.64. The number of benzene rings is 1. The highest BCUT2D eigenvalue weighted by atomic mass is 79.9. The Bertz CT molecular complexity index is 450. The highest BCUT2D eigenvalue weighted by Gasteiger charge is 2.09. The summed E-state index contributed by atoms with van der Waals surface area (Å²) in [5.74, 6) is 0. The van der Waals surface area contributed by atoms with E-state index in [0.717, 1.165) is 15.7 Å². The molecule has 0 saturated heterocycles. The lowest BCUT2D eigenvalue weighted by Crippen LogP contribution is -2.10. The topological polar surface area (TPSA) is 56.7 Å². The Morgan fingerprint density at radius 3 is 2.87 bits per heavy atom. The Hall–Kier alpha value is -1.20. The average Bonchev–Trinajstić information content (AvgIpc) is 2.69. The first-order valence-electron chi connectivity index (χ1n) is 4.58. The van der Waals surface area contributed by atoms with Gasteiger partial charge in [0, 0.05) is 10.5 Å². The minimum Gasteiger partial charge on any atom is -0.324 e. The van der Waals surface area contributed by atoms with Gasteiger partial charge in [0.05, 0.1) is 5.69 Å². The van der Waals surface area contributed by atoms with Crippen LogP contribution in [0.3, 0.4) is 0 Å². The van der Waals surface area contributed by atoms with Gasteiger partial charge in [0.25, 0.3) is 0 Å². The first kappa shape index (κ1) is 10.3. The molecule has 0 fully saturated rings. The van der Waals surface area contributed by atoms with Gasteiger partial charge < -0.3 is 5.73 Å². The van der Waals surface area contributed by atoms with Gasteiger partial charge in [0.2, 0.25) is 0 Å². The molecule has 78 valence electrons. The quantitative estimate of drug-likeness (QED) is 0.905. The number of aromatic nitrogens is 3. The summed E-state index contributed by atoms with van der Waals surface area (Å²) in [7, 11) is 0. The standard InChI is InChI=1S/C10H11BrN4/c1-7(12)9-3-2-8(11)4-10(9)15-6-13-5-14-15/h2-7H,12H2,1H3. The molecule has 2 N–H and O–H groups in total. The fraction of sp³-hybridized carbons (Fsp3) is 0.200. The molecule has 1 atom stereocenters. The molecular formula is C10H11BrN4. The second-order valence-electron chi connectivity index (χ2n) is 3.33. The molecule has 2 aromatic rings. The van der Waals surface area contributed by atoms with Crippen LogP contribution in [0, 0.1) is 0 Å². The second kappa shape index (κ2) is 4.12. The average molecular weight is 267 g/mol. The van der Waals surface area contributed by atoms with Crippen LogP contribution in [0.15, 0.2) is 35.3 Å². The van der Waals surface area contributed by atoms with Gasteiger partial charge in [-0.15, -0.1) is 0 Å². The molecule has 0 aliphatic heterocycles. The van der Waals surface area contributed by atoms with Crippen molar-refractivity contribution in [3.8, 4) is 5.69 Å². The van der Waals surface area contributed by atoms with E-state index in [1.165, 1.54) is 6.33 Å². The van der Waals surface area contributed by atoms with Crippen LogP contribution in [0.5, 0.6) is 0 Å². The lowest BCUT2D eigenvalue weighted by Gasteiger charge is -2.12. The summed E-state index contributed by atoms with van der Waals surface area (Å²) in [5.41, 5.74) is 7.89. The molecule has 1 unspecified atom stereocenters. The van der Waals surface area contributed by atoms with E-state index in [4.69, 9.17) is 5.73 Å². The Morgan fingerprint density at radius 1 is 1.47 bits per heavy atom. The van der Waals surface area contributed by atoms with Crippen LogP contribution in [0.1, 0.15) is 18.5 Å². The summed E-state index contributed by atoms with van der Waals surface area (Å²) < 4.78 is 2.71. The Labute approximate surface area is 96.3 Å². The van der Waals surface area contributed by atoms with Gasteiger partial charge in [-0.2, -0.15) is 5.10 Å². The lowest BCUT2D eigenvalue weighted by atomic mass is 10.1. The Kier molecular flexibility index (Phi) is 2.83. The largest absolute Gasteiger partial charge is 0.324 e. The first-order valence-corrected chi connectivity index (χ1v) is 5.38. The molecule has 0 bridgehead atoms. The molecule has 5 heteroatoms. The van der Waals surface area contributed by atoms with Gasteiger partial charge in [-0.3, -0.25) is 0 Å². The number of halogens is 1. The molecule has 0 aliphatic rings. The van der Waals surface area contributed by atoms with Gasteiger partial charge in [0.1, 0.15) is 12.7 Å². The smallest absolute Gasteiger partial charge is 0.138 e. The monoisotopic (exact) mass is 266 g/mol. The number of hydrogen-bond acceptors (Lipinski definition) is 3. The normalized spacial score (nSPS) is 12.7. The van der Waals surface area contributed by atoms with Gasteiger partial charge >= 0.3 is 0 Å². The zero-order valence-electron chi connectivity index (χ0n) is 8.26. The van der Waals surface area contributed by atoms with Crippen LogP contribution in [-0.4, -0.2) is 14.8 Å². The Morgan fingerprint density at radius 2 is 2.27 bits per heavy atom. The molecule has 15 heavy (non-hydrogen) atoms. The minimum atomic E-state index is -0.0303. The van der Waals surface area contributed by atoms with Crippen molar-refractivity contribution in [2.24, 2.45) is 5.73 Å². The van der Waals surface area contributed by atoms with E-state index in [9.17, 15) is 0 Å². The summed E-state index contributed by atoms with van der Waals surface area (Å²) in [6.45, 7) is 1.95. The molecule has 1 heterocycles. The van der Waals surface area contributed by atoms with E-state index in [0.29, 0.717) is 0 Å². The third kappa shape index (κ3) is 2.08. The molecule has 1 aromatic carbocycles. The molecule has 0 amide bonds. The summed E-state index contributed by atoms with van der Waals surface area (Å²) in [6.07, 6.45) is 3.17. The number of nitrogens with two attached hydrogens (primary N) is 1. The highest BCUT2D eigenvalue weighted by molar-refractivity contribution is 9.10. The van der Waals surface area contributed by atoms with Crippen LogP contribution in [0.4, 0.5) is 0 Å². The highest BCUT2D eigenvalue weighted by Crippen LogP contribution is 2.23. The molecule has 0 saturated carbocycles. The van der Waals surface area contributed by atoms with Crippen LogP contribution in [-0.2, 0) is 0 Å². The number of nitrogens with zero attached hydrogens (tertiary/aromatic N) is 3. The summed E-state index contributed by atoms with van der Waals surface area (Å²) >= 11 is 3.43. The maximum Gasteiger partial charge on any atom is 0.138 e. The van der Waals surface area contributed by atoms with Crippen molar-refractivity contribution >= 4 is 15.9 Å². The van der Waals surface area contributed by atoms with Crippen molar-refractivity contribution in [2.75, 3.05) is 0 Å². The number of rotatable bonds is 2. The van der Waals surface area contributed by atoms with Crippen molar-refractivity contribution < 1.29 is 0 Å². The van der Waals surface area contributed by atoms with E-state index in [2.05, 4.69) is 26.0 Å². The molecule has 0 radical (unpaired) electrons. The van der Waals surface area contributed by atoms with E-state index in [1.807, 2.05) is 25.1 Å². The maximum absolute atomic E-state index is 5.89. The van der Waals surface area contributed by atoms with E-state index < -0.39 is 0 Å². The molecule has 4 nitrogen and oxygen atoms in total. The van der Waals surface area contributed by atoms with Crippen LogP contribution in [0.2, 0.25) is 0 Å². The zero-order chi connectivity index (χ0) is 10.8. The van der Waals surface area contributed by atoms with Crippen molar-refractivity contribution in [1.29, 1.82) is 0 Å². The van der Waals surface area contributed by atoms with Crippen molar-refractivity contribution in [3.05, 3.63) is 40.9 Å². The molecule has 0 aliphatic carbocycles. The second-order valence-corrected chi connectivity index (χ2v) is 4.25. The van der Waals surface area contributed by atoms with Crippen LogP contribution >= 0.6 is 15.9 Å². The van der Waals surface area contributed by atoms with Gasteiger partial charge in [-0.1, -0.05) is 22.0 Å². The van der Waals surface area contributed by atoms with E-state index in [1.54, 1.807) is 11.0 Å². The van der Waals surface area contributed by atoms with Crippen molar-refractivity contribution in [2.45, 2.75) is 13.0 Å². The molecular weight excluding hydrogens is 256 g/mol. The SMILES string of the molecule is CC(N)c1ccc(Br)cc1-n1cncn1. The maximum atomic E-state index is 5.89. The molecule has 0 spiro atoms. The van der Waals surface area contributed by atoms with Crippen molar-refractivity contribution in [1.82, 2.24) is 14.8 Å². The molecule has 2 rings (SSSR count).